The van der Waals surface area contributed by atoms with Gasteiger partial charge >= 0.3 is 0 Å². The molecule has 3 heterocycles. The van der Waals surface area contributed by atoms with E-state index >= 15 is 0 Å². The maximum atomic E-state index is 6.43. The van der Waals surface area contributed by atoms with E-state index in [-0.39, 0.29) is 0 Å². The van der Waals surface area contributed by atoms with Gasteiger partial charge < -0.3 is 4.42 Å². The first-order valence-corrected chi connectivity index (χ1v) is 18.6. The largest absolute Gasteiger partial charge is 0.460 e. The topological polar surface area (TPSA) is 64.7 Å². The van der Waals surface area contributed by atoms with Crippen LogP contribution in [0.2, 0.25) is 0 Å². The summed E-state index contributed by atoms with van der Waals surface area (Å²) >= 11 is 0. The molecule has 0 saturated carbocycles. The third-order valence-corrected chi connectivity index (χ3v) is 10.3. The Kier molecular flexibility index (Phi) is 8.23. The summed E-state index contributed by atoms with van der Waals surface area (Å²) in [4.78, 5) is 20.1. The lowest BCUT2D eigenvalue weighted by Gasteiger charge is -2.13. The van der Waals surface area contributed by atoms with Crippen molar-refractivity contribution >= 4 is 22.6 Å². The summed E-state index contributed by atoms with van der Waals surface area (Å²) in [6.07, 6.45) is 6.08. The number of pyridine rings is 1. The molecule has 0 fully saturated rings. The molecule has 0 spiro atoms. The van der Waals surface area contributed by atoms with E-state index in [1.807, 2.05) is 85.1 Å². The Morgan fingerprint density at radius 1 is 0.400 bits per heavy atom. The Labute approximate surface area is 319 Å². The Hall–Kier alpha value is -7.24. The first-order chi connectivity index (χ1) is 27.2. The predicted molar refractivity (Wildman–Crippen MR) is 223 cm³/mol. The summed E-state index contributed by atoms with van der Waals surface area (Å²) in [5.74, 6) is 2.87. The third kappa shape index (κ3) is 6.42. The molecule has 0 N–H and O–H groups in total. The van der Waals surface area contributed by atoms with E-state index in [0.29, 0.717) is 17.5 Å². The quantitative estimate of drug-likeness (QED) is 0.165. The first kappa shape index (κ1) is 32.4. The van der Waals surface area contributed by atoms with Crippen LogP contribution in [-0.4, -0.2) is 19.9 Å². The zero-order valence-electron chi connectivity index (χ0n) is 29.9. The number of nitrogens with zero attached hydrogens (tertiary/aromatic N) is 4. The normalized spacial score (nSPS) is 12.3. The molecular weight excluding hydrogens is 673 g/mol. The van der Waals surface area contributed by atoms with Gasteiger partial charge in [0.15, 0.2) is 17.5 Å². The van der Waals surface area contributed by atoms with Crippen LogP contribution in [0.4, 0.5) is 0 Å². The minimum Gasteiger partial charge on any atom is -0.460 e. The molecule has 55 heavy (non-hydrogen) atoms. The highest BCUT2D eigenvalue weighted by Crippen LogP contribution is 2.40. The lowest BCUT2D eigenvalue weighted by atomic mass is 9.91. The van der Waals surface area contributed by atoms with Crippen LogP contribution in [0.1, 0.15) is 23.3 Å². The number of hydrogen-bond acceptors (Lipinski definition) is 5. The molecule has 0 amide bonds. The van der Waals surface area contributed by atoms with E-state index in [2.05, 4.69) is 97.1 Å². The molecule has 0 unspecified atom stereocenters. The second-order valence-electron chi connectivity index (χ2n) is 13.8. The maximum absolute atomic E-state index is 6.43. The van der Waals surface area contributed by atoms with Crippen molar-refractivity contribution in [3.8, 4) is 67.7 Å². The number of furan rings is 1. The first-order valence-electron chi connectivity index (χ1n) is 18.6. The molecule has 1 aliphatic rings. The molecule has 9 aromatic rings. The Bertz CT molecular complexity index is 2770. The molecule has 260 valence electrons. The number of aromatic nitrogens is 4. The zero-order chi connectivity index (χ0) is 36.6. The third-order valence-electron chi connectivity index (χ3n) is 10.3. The summed E-state index contributed by atoms with van der Waals surface area (Å²) in [5.41, 5.74) is 13.5. The summed E-state index contributed by atoms with van der Waals surface area (Å²) in [5, 5.41) is 1.11. The van der Waals surface area contributed by atoms with E-state index in [1.54, 1.807) is 0 Å². The summed E-state index contributed by atoms with van der Waals surface area (Å²) in [6, 6.07) is 58.4. The Morgan fingerprint density at radius 2 is 0.945 bits per heavy atom. The van der Waals surface area contributed by atoms with Crippen LogP contribution >= 0.6 is 0 Å². The molecule has 5 nitrogen and oxygen atoms in total. The van der Waals surface area contributed by atoms with Crippen molar-refractivity contribution in [1.29, 1.82) is 0 Å². The summed E-state index contributed by atoms with van der Waals surface area (Å²) in [7, 11) is 0. The number of hydrogen-bond donors (Lipinski definition) is 0. The molecule has 0 atom stereocenters. The summed E-state index contributed by atoms with van der Waals surface area (Å²) in [6.45, 7) is 0. The lowest BCUT2D eigenvalue weighted by Crippen LogP contribution is -2.00. The highest BCUT2D eigenvalue weighted by atomic mass is 16.3. The fourth-order valence-corrected chi connectivity index (χ4v) is 7.44. The lowest BCUT2D eigenvalue weighted by molar-refractivity contribution is 0.548. The van der Waals surface area contributed by atoms with Gasteiger partial charge in [-0.15, -0.1) is 0 Å². The van der Waals surface area contributed by atoms with Gasteiger partial charge in [-0.25, -0.2) is 15.0 Å². The smallest absolute Gasteiger partial charge is 0.164 e. The van der Waals surface area contributed by atoms with Gasteiger partial charge in [-0.1, -0.05) is 133 Å². The molecule has 10 rings (SSSR count). The van der Waals surface area contributed by atoms with Crippen molar-refractivity contribution in [2.24, 2.45) is 0 Å². The molecule has 0 saturated heterocycles. The molecular formula is C50H34N4O. The Balaban J connectivity index is 1.14. The van der Waals surface area contributed by atoms with E-state index in [1.165, 1.54) is 11.1 Å². The highest BCUT2D eigenvalue weighted by molar-refractivity contribution is 5.98. The highest BCUT2D eigenvalue weighted by Gasteiger charge is 2.21. The van der Waals surface area contributed by atoms with Crippen molar-refractivity contribution in [2.75, 3.05) is 0 Å². The molecule has 0 radical (unpaired) electrons. The SMILES string of the molecule is C1=C(c2ccccc2)CCc2oc3ccc(-c4cc(-c5ccc(-c6ccccc6)cn5)cc(-c5nc(-c6ccccc6)nc(-c6ccccc6)n5)c4)cc3c21. The molecule has 0 aliphatic heterocycles. The van der Waals surface area contributed by atoms with Crippen LogP contribution < -0.4 is 0 Å². The van der Waals surface area contributed by atoms with Gasteiger partial charge in [0.25, 0.3) is 0 Å². The van der Waals surface area contributed by atoms with Crippen LogP contribution in [0.15, 0.2) is 180 Å². The van der Waals surface area contributed by atoms with Crippen LogP contribution in [0, 0.1) is 0 Å². The minimum absolute atomic E-state index is 0.592. The predicted octanol–water partition coefficient (Wildman–Crippen LogP) is 12.5. The van der Waals surface area contributed by atoms with Gasteiger partial charge in [0.1, 0.15) is 11.3 Å². The van der Waals surface area contributed by atoms with Crippen molar-refractivity contribution in [3.63, 3.8) is 0 Å². The van der Waals surface area contributed by atoms with Gasteiger partial charge in [0.2, 0.25) is 0 Å². The van der Waals surface area contributed by atoms with Gasteiger partial charge in [0.05, 0.1) is 5.69 Å². The minimum atomic E-state index is 0.592. The average molecular weight is 707 g/mol. The van der Waals surface area contributed by atoms with E-state index < -0.39 is 0 Å². The van der Waals surface area contributed by atoms with Crippen molar-refractivity contribution in [1.82, 2.24) is 19.9 Å². The maximum Gasteiger partial charge on any atom is 0.164 e. The van der Waals surface area contributed by atoms with Gasteiger partial charge in [-0.2, -0.15) is 0 Å². The summed E-state index contributed by atoms with van der Waals surface area (Å²) < 4.78 is 6.43. The van der Waals surface area contributed by atoms with Crippen molar-refractivity contribution < 1.29 is 4.42 Å². The second kappa shape index (κ2) is 14.0. The molecule has 0 bridgehead atoms. The monoisotopic (exact) mass is 706 g/mol. The van der Waals surface area contributed by atoms with Crippen LogP contribution in [-0.2, 0) is 6.42 Å². The Morgan fingerprint density at radius 3 is 1.56 bits per heavy atom. The second-order valence-corrected chi connectivity index (χ2v) is 13.8. The molecule has 1 aliphatic carbocycles. The molecule has 5 heteroatoms. The number of rotatable bonds is 7. The number of benzene rings is 6. The zero-order valence-corrected chi connectivity index (χ0v) is 29.9. The van der Waals surface area contributed by atoms with Crippen LogP contribution in [0.3, 0.4) is 0 Å². The number of aryl methyl sites for hydroxylation is 1. The fraction of sp³-hybridized carbons (Fsp3) is 0.0400. The molecule has 3 aromatic heterocycles. The average Bonchev–Trinajstić information content (AvgIpc) is 3.65. The van der Waals surface area contributed by atoms with Crippen LogP contribution in [0.25, 0.3) is 90.3 Å². The van der Waals surface area contributed by atoms with Crippen molar-refractivity contribution in [3.05, 3.63) is 193 Å². The van der Waals surface area contributed by atoms with Gasteiger partial charge in [0, 0.05) is 51.4 Å². The van der Waals surface area contributed by atoms with E-state index in [4.69, 9.17) is 24.4 Å². The van der Waals surface area contributed by atoms with Crippen LogP contribution in [0.5, 0.6) is 0 Å². The van der Waals surface area contributed by atoms with Gasteiger partial charge in [-0.05, 0) is 76.7 Å². The number of fused-ring (bicyclic) bond motifs is 3. The number of allylic oxidation sites excluding steroid dienone is 1. The van der Waals surface area contributed by atoms with E-state index in [0.717, 1.165) is 85.3 Å². The molecule has 6 aromatic carbocycles. The van der Waals surface area contributed by atoms with Crippen molar-refractivity contribution in [2.45, 2.75) is 12.8 Å². The fourth-order valence-electron chi connectivity index (χ4n) is 7.44. The van der Waals surface area contributed by atoms with Gasteiger partial charge in [-0.3, -0.25) is 4.98 Å². The van der Waals surface area contributed by atoms with E-state index in [9.17, 15) is 0 Å². The standard InChI is InChI=1S/C50H34N4O/c1-5-13-33(14-6-1)37-22-25-46-43(30-37)44-31-38(23-26-47(44)55-46)40-27-41(45-24-21-39(32-51-45)34-15-7-2-8-16-34)29-42(28-40)50-53-48(35-17-9-3-10-18-35)52-49(54-50)36-19-11-4-12-20-36/h1-21,23-24,26-32H,22,25H2.